The molecule has 7 heteroatoms. The molecular weight excluding hydrogens is 331 g/mol. The van der Waals surface area contributed by atoms with Crippen LogP contribution in [0.1, 0.15) is 24.8 Å². The molecule has 0 aromatic heterocycles. The van der Waals surface area contributed by atoms with Crippen LogP contribution in [0.2, 0.25) is 5.02 Å². The van der Waals surface area contributed by atoms with Gasteiger partial charge < -0.3 is 5.32 Å². The molecule has 0 aliphatic carbocycles. The predicted molar refractivity (Wildman–Crippen MR) is 88.8 cm³/mol. The third-order valence-electron chi connectivity index (χ3n) is 3.68. The SMILES string of the molecule is Cc1ccc(Cl)cc1S(=O)(=O)NCCC1CCCNC1.Cl. The van der Waals surface area contributed by atoms with E-state index in [0.29, 0.717) is 23.0 Å². The van der Waals surface area contributed by atoms with Crippen LogP contribution in [-0.2, 0) is 10.0 Å². The molecule has 1 aromatic rings. The fourth-order valence-corrected chi connectivity index (χ4v) is 4.06. The van der Waals surface area contributed by atoms with Gasteiger partial charge in [-0.3, -0.25) is 0 Å². The molecule has 0 amide bonds. The Morgan fingerprint density at radius 3 is 2.86 bits per heavy atom. The fourth-order valence-electron chi connectivity index (χ4n) is 2.51. The fraction of sp³-hybridized carbons (Fsp3) is 0.571. The zero-order chi connectivity index (χ0) is 14.6. The molecule has 2 N–H and O–H groups in total. The third-order valence-corrected chi connectivity index (χ3v) is 5.52. The molecule has 21 heavy (non-hydrogen) atoms. The standard InChI is InChI=1S/C14H21ClN2O2S.ClH/c1-11-4-5-13(15)9-14(11)20(18,19)17-8-6-12-3-2-7-16-10-12;/h4-5,9,12,16-17H,2-3,6-8,10H2,1H3;1H. The van der Waals surface area contributed by atoms with Crippen molar-refractivity contribution < 1.29 is 8.42 Å². The summed E-state index contributed by atoms with van der Waals surface area (Å²) in [5.41, 5.74) is 0.709. The van der Waals surface area contributed by atoms with Gasteiger partial charge in [-0.25, -0.2) is 13.1 Å². The Kier molecular flexibility index (Phi) is 7.44. The van der Waals surface area contributed by atoms with Crippen LogP contribution >= 0.6 is 24.0 Å². The van der Waals surface area contributed by atoms with E-state index in [-0.39, 0.29) is 17.3 Å². The highest BCUT2D eigenvalue weighted by Gasteiger charge is 2.18. The zero-order valence-corrected chi connectivity index (χ0v) is 14.5. The van der Waals surface area contributed by atoms with Crippen LogP contribution in [0.25, 0.3) is 0 Å². The van der Waals surface area contributed by atoms with Gasteiger partial charge in [-0.05, 0) is 62.9 Å². The van der Waals surface area contributed by atoms with Crippen molar-refractivity contribution in [3.8, 4) is 0 Å². The van der Waals surface area contributed by atoms with Crippen molar-refractivity contribution in [1.82, 2.24) is 10.0 Å². The Labute approximate surface area is 138 Å². The van der Waals surface area contributed by atoms with E-state index in [2.05, 4.69) is 10.0 Å². The molecule has 1 fully saturated rings. The molecule has 120 valence electrons. The van der Waals surface area contributed by atoms with Gasteiger partial charge >= 0.3 is 0 Å². The molecule has 1 atom stereocenters. The molecule has 1 heterocycles. The Morgan fingerprint density at radius 2 is 2.19 bits per heavy atom. The van der Waals surface area contributed by atoms with Gasteiger partial charge in [0.15, 0.2) is 0 Å². The second-order valence-electron chi connectivity index (χ2n) is 5.31. The lowest BCUT2D eigenvalue weighted by atomic mass is 9.96. The molecule has 0 radical (unpaired) electrons. The maximum absolute atomic E-state index is 12.3. The second kappa shape index (κ2) is 8.34. The van der Waals surface area contributed by atoms with E-state index in [1.807, 2.05) is 0 Å². The summed E-state index contributed by atoms with van der Waals surface area (Å²) in [5, 5.41) is 3.77. The van der Waals surface area contributed by atoms with E-state index in [1.54, 1.807) is 19.1 Å². The first-order valence-electron chi connectivity index (χ1n) is 6.95. The average molecular weight is 353 g/mol. The first kappa shape index (κ1) is 18.7. The maximum atomic E-state index is 12.3. The van der Waals surface area contributed by atoms with Crippen LogP contribution in [0.5, 0.6) is 0 Å². The first-order chi connectivity index (χ1) is 9.49. The molecule has 1 aliphatic heterocycles. The summed E-state index contributed by atoms with van der Waals surface area (Å²) < 4.78 is 27.2. The molecule has 4 nitrogen and oxygen atoms in total. The van der Waals surface area contributed by atoms with Gasteiger partial charge in [-0.1, -0.05) is 17.7 Å². The minimum Gasteiger partial charge on any atom is -0.316 e. The number of benzene rings is 1. The Balaban J connectivity index is 0.00000220. The lowest BCUT2D eigenvalue weighted by Crippen LogP contribution is -2.33. The summed E-state index contributed by atoms with van der Waals surface area (Å²) >= 11 is 5.88. The summed E-state index contributed by atoms with van der Waals surface area (Å²) in [7, 11) is -3.47. The summed E-state index contributed by atoms with van der Waals surface area (Å²) in [6.45, 7) is 4.30. The highest BCUT2D eigenvalue weighted by Crippen LogP contribution is 2.20. The van der Waals surface area contributed by atoms with Crippen LogP contribution in [0, 0.1) is 12.8 Å². The Hall–Kier alpha value is -0.330. The van der Waals surface area contributed by atoms with Crippen LogP contribution in [0.3, 0.4) is 0 Å². The minimum atomic E-state index is -3.47. The smallest absolute Gasteiger partial charge is 0.240 e. The van der Waals surface area contributed by atoms with E-state index >= 15 is 0 Å². The highest BCUT2D eigenvalue weighted by atomic mass is 35.5. The minimum absolute atomic E-state index is 0. The normalized spacial score (nSPS) is 19.0. The summed E-state index contributed by atoms with van der Waals surface area (Å²) in [4.78, 5) is 0.270. The Bertz CT molecular complexity index is 558. The van der Waals surface area contributed by atoms with Crippen LogP contribution in [0.4, 0.5) is 0 Å². The van der Waals surface area contributed by atoms with Crippen molar-refractivity contribution in [3.05, 3.63) is 28.8 Å². The molecule has 0 saturated carbocycles. The number of halogens is 2. The lowest BCUT2D eigenvalue weighted by molar-refractivity contribution is 0.358. The molecule has 2 rings (SSSR count). The lowest BCUT2D eigenvalue weighted by Gasteiger charge is -2.22. The topological polar surface area (TPSA) is 58.2 Å². The van der Waals surface area contributed by atoms with Gasteiger partial charge in [0.25, 0.3) is 0 Å². The molecular formula is C14H22Cl2N2O2S. The van der Waals surface area contributed by atoms with Gasteiger partial charge in [-0.2, -0.15) is 0 Å². The number of aryl methyl sites for hydroxylation is 1. The van der Waals surface area contributed by atoms with Crippen molar-refractivity contribution in [2.45, 2.75) is 31.1 Å². The average Bonchev–Trinajstić information content (AvgIpc) is 2.42. The van der Waals surface area contributed by atoms with Crippen molar-refractivity contribution in [2.75, 3.05) is 19.6 Å². The van der Waals surface area contributed by atoms with Crippen LogP contribution < -0.4 is 10.0 Å². The molecule has 1 aromatic carbocycles. The van der Waals surface area contributed by atoms with Crippen molar-refractivity contribution >= 4 is 34.0 Å². The van der Waals surface area contributed by atoms with Gasteiger partial charge in [0.2, 0.25) is 10.0 Å². The number of hydrogen-bond donors (Lipinski definition) is 2. The summed E-state index contributed by atoms with van der Waals surface area (Å²) in [6, 6.07) is 4.92. The van der Waals surface area contributed by atoms with Crippen molar-refractivity contribution in [2.24, 2.45) is 5.92 Å². The van der Waals surface area contributed by atoms with Crippen LogP contribution in [-0.4, -0.2) is 28.1 Å². The third kappa shape index (κ3) is 5.42. The number of hydrogen-bond acceptors (Lipinski definition) is 3. The molecule has 1 unspecified atom stereocenters. The van der Waals surface area contributed by atoms with E-state index in [1.165, 1.54) is 18.9 Å². The molecule has 0 spiro atoms. The molecule has 1 saturated heterocycles. The maximum Gasteiger partial charge on any atom is 0.240 e. The van der Waals surface area contributed by atoms with E-state index in [9.17, 15) is 8.42 Å². The number of piperidine rings is 1. The van der Waals surface area contributed by atoms with Crippen molar-refractivity contribution in [1.29, 1.82) is 0 Å². The van der Waals surface area contributed by atoms with Crippen LogP contribution in [0.15, 0.2) is 23.1 Å². The van der Waals surface area contributed by atoms with E-state index < -0.39 is 10.0 Å². The van der Waals surface area contributed by atoms with Gasteiger partial charge in [0, 0.05) is 11.6 Å². The van der Waals surface area contributed by atoms with Crippen molar-refractivity contribution in [3.63, 3.8) is 0 Å². The summed E-state index contributed by atoms with van der Waals surface area (Å²) in [5.74, 6) is 0.562. The van der Waals surface area contributed by atoms with Gasteiger partial charge in [-0.15, -0.1) is 12.4 Å². The van der Waals surface area contributed by atoms with E-state index in [0.717, 1.165) is 19.5 Å². The largest absolute Gasteiger partial charge is 0.316 e. The number of rotatable bonds is 5. The summed E-state index contributed by atoms with van der Waals surface area (Å²) in [6.07, 6.45) is 3.21. The predicted octanol–water partition coefficient (Wildman–Crippen LogP) is 2.74. The number of sulfonamides is 1. The zero-order valence-electron chi connectivity index (χ0n) is 12.1. The number of nitrogens with one attached hydrogen (secondary N) is 2. The van der Waals surface area contributed by atoms with Gasteiger partial charge in [0.05, 0.1) is 4.90 Å². The second-order valence-corrected chi connectivity index (χ2v) is 7.48. The molecule has 1 aliphatic rings. The first-order valence-corrected chi connectivity index (χ1v) is 8.82. The quantitative estimate of drug-likeness (QED) is 0.856. The van der Waals surface area contributed by atoms with E-state index in [4.69, 9.17) is 11.6 Å². The van der Waals surface area contributed by atoms with Gasteiger partial charge in [0.1, 0.15) is 0 Å². The highest BCUT2D eigenvalue weighted by molar-refractivity contribution is 7.89. The monoisotopic (exact) mass is 352 g/mol. The Morgan fingerprint density at radius 1 is 1.43 bits per heavy atom. The molecule has 0 bridgehead atoms.